The van der Waals surface area contributed by atoms with Gasteiger partial charge in [-0.1, -0.05) is 12.1 Å². The number of aromatic nitrogens is 1. The smallest absolute Gasteiger partial charge is 0.190 e. The number of benzene rings is 1. The van der Waals surface area contributed by atoms with Gasteiger partial charge in [0.25, 0.3) is 0 Å². The molecule has 2 N–H and O–H groups in total. The van der Waals surface area contributed by atoms with E-state index in [1.54, 1.807) is 18.4 Å². The predicted octanol–water partition coefficient (Wildman–Crippen LogP) is 4.01. The highest BCUT2D eigenvalue weighted by atomic mass is 127. The lowest BCUT2D eigenvalue weighted by molar-refractivity contribution is 0.176. The molecule has 1 aliphatic rings. The molecule has 0 aliphatic carbocycles. The summed E-state index contributed by atoms with van der Waals surface area (Å²) in [4.78, 5) is 11.5. The average Bonchev–Trinajstić information content (AvgIpc) is 3.17. The van der Waals surface area contributed by atoms with Crippen LogP contribution >= 0.6 is 35.3 Å². The lowest BCUT2D eigenvalue weighted by Crippen LogP contribution is -2.43. The summed E-state index contributed by atoms with van der Waals surface area (Å²) in [5, 5.41) is 10.3. The molecule has 1 fully saturated rings. The maximum Gasteiger partial charge on any atom is 0.190 e. The van der Waals surface area contributed by atoms with Crippen molar-refractivity contribution in [2.24, 2.45) is 10.9 Å². The maximum absolute atomic E-state index is 5.42. The number of likely N-dealkylation sites (tertiary alicyclic amines) is 1. The normalized spacial score (nSPS) is 15.4. The highest BCUT2D eigenvalue weighted by Crippen LogP contribution is 2.20. The van der Waals surface area contributed by atoms with Gasteiger partial charge in [-0.15, -0.1) is 35.3 Å². The van der Waals surface area contributed by atoms with E-state index in [4.69, 9.17) is 4.74 Å². The van der Waals surface area contributed by atoms with E-state index >= 15 is 0 Å². The molecular weight excluding hydrogens is 521 g/mol. The number of hydrogen-bond acceptors (Lipinski definition) is 5. The van der Waals surface area contributed by atoms with Crippen molar-refractivity contribution in [2.45, 2.75) is 39.7 Å². The number of methoxy groups -OCH3 is 1. The van der Waals surface area contributed by atoms with Crippen LogP contribution < -0.4 is 15.4 Å². The van der Waals surface area contributed by atoms with E-state index in [9.17, 15) is 0 Å². The molecule has 6 nitrogen and oxygen atoms in total. The van der Waals surface area contributed by atoms with Gasteiger partial charge in [0.2, 0.25) is 0 Å². The molecule has 0 saturated carbocycles. The van der Waals surface area contributed by atoms with Crippen molar-refractivity contribution in [3.05, 3.63) is 45.4 Å². The molecule has 1 saturated heterocycles. The van der Waals surface area contributed by atoms with Gasteiger partial charge >= 0.3 is 0 Å². The van der Waals surface area contributed by atoms with Crippen LogP contribution in [0.4, 0.5) is 0 Å². The first kappa shape index (κ1) is 25.9. The van der Waals surface area contributed by atoms with Gasteiger partial charge in [0.05, 0.1) is 17.8 Å². The fourth-order valence-electron chi connectivity index (χ4n) is 3.87. The van der Waals surface area contributed by atoms with Crippen molar-refractivity contribution in [3.8, 4) is 5.75 Å². The SMILES string of the molecule is CN=C(NCCc1ccc(C)c(OC)c1)NCC1CCN(Cc2csc(C)n2)CC1.I. The second-order valence-corrected chi connectivity index (χ2v) is 9.07. The Bertz CT molecular complexity index is 833. The summed E-state index contributed by atoms with van der Waals surface area (Å²) in [6.45, 7) is 9.23. The van der Waals surface area contributed by atoms with Crippen LogP contribution in [0.25, 0.3) is 0 Å². The van der Waals surface area contributed by atoms with Gasteiger partial charge in [-0.2, -0.15) is 0 Å². The Labute approximate surface area is 207 Å². The van der Waals surface area contributed by atoms with E-state index in [1.165, 1.54) is 29.7 Å². The molecule has 3 rings (SSSR count). The third kappa shape index (κ3) is 8.23. The van der Waals surface area contributed by atoms with Crippen LogP contribution in [0, 0.1) is 19.8 Å². The molecule has 1 aromatic carbocycles. The Kier molecular flexibility index (Phi) is 11.0. The van der Waals surface area contributed by atoms with E-state index < -0.39 is 0 Å². The van der Waals surface area contributed by atoms with Gasteiger partial charge in [0.1, 0.15) is 5.75 Å². The van der Waals surface area contributed by atoms with Crippen LogP contribution in [0.15, 0.2) is 28.6 Å². The van der Waals surface area contributed by atoms with Crippen molar-refractivity contribution >= 4 is 41.3 Å². The van der Waals surface area contributed by atoms with Crippen LogP contribution in [0.2, 0.25) is 0 Å². The highest BCUT2D eigenvalue weighted by molar-refractivity contribution is 14.0. The molecule has 31 heavy (non-hydrogen) atoms. The van der Waals surface area contributed by atoms with E-state index in [2.05, 4.69) is 62.9 Å². The number of halogens is 1. The van der Waals surface area contributed by atoms with Crippen LogP contribution in [0.1, 0.15) is 34.7 Å². The first-order chi connectivity index (χ1) is 14.6. The minimum Gasteiger partial charge on any atom is -0.496 e. The molecule has 2 aromatic rings. The Hall–Kier alpha value is -1.39. The third-order valence-corrected chi connectivity index (χ3v) is 6.54. The average molecular weight is 558 g/mol. The number of piperidine rings is 1. The molecule has 0 radical (unpaired) electrons. The fraction of sp³-hybridized carbons (Fsp3) is 0.565. The number of nitrogens with one attached hydrogen (secondary N) is 2. The lowest BCUT2D eigenvalue weighted by atomic mass is 9.97. The van der Waals surface area contributed by atoms with Crippen LogP contribution in [0.5, 0.6) is 5.75 Å². The standard InChI is InChI=1S/C23H35N5OS.HI/c1-17-5-6-19(13-22(17)29-4)7-10-25-23(24-3)26-14-20-8-11-28(12-9-20)15-21-16-30-18(2)27-21;/h5-6,13,16,20H,7-12,14-15H2,1-4H3,(H2,24,25,26);1H. The number of hydrogen-bond donors (Lipinski definition) is 2. The first-order valence-corrected chi connectivity index (χ1v) is 11.7. The van der Waals surface area contributed by atoms with Crippen molar-refractivity contribution < 1.29 is 4.74 Å². The minimum absolute atomic E-state index is 0. The summed E-state index contributed by atoms with van der Waals surface area (Å²) in [6, 6.07) is 6.40. The molecule has 1 aromatic heterocycles. The van der Waals surface area contributed by atoms with Gasteiger partial charge < -0.3 is 15.4 Å². The second-order valence-electron chi connectivity index (χ2n) is 8.01. The predicted molar refractivity (Wildman–Crippen MR) is 141 cm³/mol. The Morgan fingerprint density at radius 2 is 2.03 bits per heavy atom. The number of rotatable bonds is 8. The number of thiazole rings is 1. The highest BCUT2D eigenvalue weighted by Gasteiger charge is 2.20. The van der Waals surface area contributed by atoms with E-state index in [1.807, 2.05) is 7.05 Å². The zero-order valence-electron chi connectivity index (χ0n) is 19.1. The maximum atomic E-state index is 5.42. The minimum atomic E-state index is 0. The monoisotopic (exact) mass is 557 g/mol. The molecular formula is C23H36IN5OS. The van der Waals surface area contributed by atoms with Crippen LogP contribution in [0.3, 0.4) is 0 Å². The van der Waals surface area contributed by atoms with Crippen molar-refractivity contribution in [2.75, 3.05) is 40.3 Å². The summed E-state index contributed by atoms with van der Waals surface area (Å²) in [6.07, 6.45) is 3.37. The Morgan fingerprint density at radius 3 is 2.68 bits per heavy atom. The zero-order chi connectivity index (χ0) is 21.3. The third-order valence-electron chi connectivity index (χ3n) is 5.72. The van der Waals surface area contributed by atoms with Crippen molar-refractivity contribution in [1.82, 2.24) is 20.5 Å². The van der Waals surface area contributed by atoms with Gasteiger partial charge in [-0.25, -0.2) is 4.98 Å². The summed E-state index contributed by atoms with van der Waals surface area (Å²) < 4.78 is 5.42. The number of aliphatic imine (C=N–C) groups is 1. The van der Waals surface area contributed by atoms with Crippen molar-refractivity contribution in [1.29, 1.82) is 0 Å². The van der Waals surface area contributed by atoms with Gasteiger partial charge in [0.15, 0.2) is 5.96 Å². The quantitative estimate of drug-likeness (QED) is 0.292. The second kappa shape index (κ2) is 13.2. The molecule has 0 bridgehead atoms. The summed E-state index contributed by atoms with van der Waals surface area (Å²) in [7, 11) is 3.56. The van der Waals surface area contributed by atoms with Gasteiger partial charge in [-0.3, -0.25) is 9.89 Å². The van der Waals surface area contributed by atoms with E-state index in [0.717, 1.165) is 55.9 Å². The number of nitrogens with zero attached hydrogens (tertiary/aromatic N) is 3. The largest absolute Gasteiger partial charge is 0.496 e. The van der Waals surface area contributed by atoms with Gasteiger partial charge in [-0.05, 0) is 69.3 Å². The molecule has 1 aliphatic heterocycles. The molecule has 0 atom stereocenters. The topological polar surface area (TPSA) is 61.8 Å². The fourth-order valence-corrected chi connectivity index (χ4v) is 4.47. The van der Waals surface area contributed by atoms with Crippen LogP contribution in [-0.2, 0) is 13.0 Å². The summed E-state index contributed by atoms with van der Waals surface area (Å²) in [5.41, 5.74) is 3.65. The number of ether oxygens (including phenoxy) is 1. The summed E-state index contributed by atoms with van der Waals surface area (Å²) in [5.74, 6) is 2.53. The molecule has 172 valence electrons. The Morgan fingerprint density at radius 1 is 1.26 bits per heavy atom. The van der Waals surface area contributed by atoms with Crippen molar-refractivity contribution in [3.63, 3.8) is 0 Å². The van der Waals surface area contributed by atoms with E-state index in [0.29, 0.717) is 5.92 Å². The lowest BCUT2D eigenvalue weighted by Gasteiger charge is -2.31. The van der Waals surface area contributed by atoms with Gasteiger partial charge in [0, 0.05) is 32.1 Å². The molecule has 0 unspecified atom stereocenters. The summed E-state index contributed by atoms with van der Waals surface area (Å²) >= 11 is 1.74. The molecule has 8 heteroatoms. The molecule has 0 amide bonds. The molecule has 2 heterocycles. The first-order valence-electron chi connectivity index (χ1n) is 10.8. The van der Waals surface area contributed by atoms with E-state index in [-0.39, 0.29) is 24.0 Å². The molecule has 0 spiro atoms. The zero-order valence-corrected chi connectivity index (χ0v) is 22.3. The number of guanidine groups is 1. The van der Waals surface area contributed by atoms with Crippen LogP contribution in [-0.4, -0.2) is 56.2 Å². The Balaban J connectivity index is 0.00000341. The number of aryl methyl sites for hydroxylation is 2.